The van der Waals surface area contributed by atoms with Gasteiger partial charge in [0.25, 0.3) is 5.91 Å². The fourth-order valence-electron chi connectivity index (χ4n) is 2.31. The summed E-state index contributed by atoms with van der Waals surface area (Å²) < 4.78 is 1.80. The fraction of sp³-hybridized carbons (Fsp3) is 0.571. The van der Waals surface area contributed by atoms with E-state index in [1.165, 1.54) is 11.3 Å². The number of nitrogens with one attached hydrogen (secondary N) is 1. The normalized spacial score (nSPS) is 12.1. The van der Waals surface area contributed by atoms with E-state index in [1.54, 1.807) is 4.68 Å². The zero-order valence-electron chi connectivity index (χ0n) is 12.4. The molecule has 0 bridgehead atoms. The number of fused-ring (bicyclic) bond motifs is 1. The number of hydrogen-bond acceptors (Lipinski definition) is 4. The van der Waals surface area contributed by atoms with Gasteiger partial charge in [-0.1, -0.05) is 13.8 Å². The van der Waals surface area contributed by atoms with Crippen molar-refractivity contribution < 1.29 is 9.90 Å². The molecule has 0 radical (unpaired) electrons. The van der Waals surface area contributed by atoms with Crippen molar-refractivity contribution in [3.8, 4) is 0 Å². The van der Waals surface area contributed by atoms with Crippen molar-refractivity contribution in [1.82, 2.24) is 15.1 Å². The van der Waals surface area contributed by atoms with Gasteiger partial charge in [0.1, 0.15) is 4.83 Å². The van der Waals surface area contributed by atoms with Crippen LogP contribution < -0.4 is 5.32 Å². The van der Waals surface area contributed by atoms with Crippen LogP contribution in [0.2, 0.25) is 0 Å². The first-order valence-electron chi connectivity index (χ1n) is 6.83. The molecular weight excluding hydrogens is 274 g/mol. The van der Waals surface area contributed by atoms with E-state index in [4.69, 9.17) is 0 Å². The summed E-state index contributed by atoms with van der Waals surface area (Å²) in [6.07, 6.45) is 1.41. The lowest BCUT2D eigenvalue weighted by Gasteiger charge is -2.30. The molecule has 20 heavy (non-hydrogen) atoms. The minimum Gasteiger partial charge on any atom is -0.394 e. The van der Waals surface area contributed by atoms with Crippen molar-refractivity contribution in [2.75, 3.05) is 6.61 Å². The zero-order valence-corrected chi connectivity index (χ0v) is 13.2. The maximum atomic E-state index is 12.4. The highest BCUT2D eigenvalue weighted by molar-refractivity contribution is 7.20. The largest absolute Gasteiger partial charge is 0.394 e. The minimum atomic E-state index is -0.527. The Hall–Kier alpha value is -1.40. The molecule has 0 saturated carbocycles. The first-order chi connectivity index (χ1) is 9.46. The molecule has 0 saturated heterocycles. The summed E-state index contributed by atoms with van der Waals surface area (Å²) in [5.41, 5.74) is 0.401. The maximum absolute atomic E-state index is 12.4. The molecule has 0 atom stereocenters. The predicted octanol–water partition coefficient (Wildman–Crippen LogP) is 2.22. The topological polar surface area (TPSA) is 67.2 Å². The van der Waals surface area contributed by atoms with Crippen LogP contribution in [0.5, 0.6) is 0 Å². The molecule has 110 valence electrons. The summed E-state index contributed by atoms with van der Waals surface area (Å²) in [5, 5.41) is 17.9. The van der Waals surface area contributed by atoms with Gasteiger partial charge in [0, 0.05) is 12.4 Å². The van der Waals surface area contributed by atoms with Crippen LogP contribution >= 0.6 is 11.3 Å². The molecule has 2 aromatic heterocycles. The van der Waals surface area contributed by atoms with Gasteiger partial charge in [-0.05, 0) is 25.8 Å². The SMILES string of the molecule is CCC(CC)(CO)NC(=O)c1cc2c(C)nn(C)c2s1. The van der Waals surface area contributed by atoms with Crippen LogP contribution in [-0.2, 0) is 7.05 Å². The van der Waals surface area contributed by atoms with Gasteiger partial charge in [-0.25, -0.2) is 0 Å². The Bertz CT molecular complexity index is 583. The summed E-state index contributed by atoms with van der Waals surface area (Å²) in [4.78, 5) is 14.0. The third-order valence-electron chi connectivity index (χ3n) is 3.95. The molecule has 0 aliphatic heterocycles. The summed E-state index contributed by atoms with van der Waals surface area (Å²) in [7, 11) is 1.88. The van der Waals surface area contributed by atoms with Gasteiger partial charge in [-0.3, -0.25) is 9.48 Å². The molecule has 2 aromatic rings. The second-order valence-electron chi connectivity index (χ2n) is 5.14. The number of hydrogen-bond donors (Lipinski definition) is 2. The lowest BCUT2D eigenvalue weighted by Crippen LogP contribution is -2.50. The van der Waals surface area contributed by atoms with E-state index in [0.29, 0.717) is 17.7 Å². The zero-order chi connectivity index (χ0) is 14.9. The number of aliphatic hydroxyl groups is 1. The number of rotatable bonds is 5. The summed E-state index contributed by atoms with van der Waals surface area (Å²) in [6.45, 7) is 5.84. The quantitative estimate of drug-likeness (QED) is 0.889. The number of amides is 1. The number of nitrogens with zero attached hydrogens (tertiary/aromatic N) is 2. The number of aromatic nitrogens is 2. The monoisotopic (exact) mass is 295 g/mol. The molecule has 5 nitrogen and oxygen atoms in total. The molecule has 0 unspecified atom stereocenters. The fourth-order valence-corrected chi connectivity index (χ4v) is 3.33. The minimum absolute atomic E-state index is 0.0444. The number of thiophene rings is 1. The van der Waals surface area contributed by atoms with Gasteiger partial charge in [0.2, 0.25) is 0 Å². The van der Waals surface area contributed by atoms with E-state index >= 15 is 0 Å². The van der Waals surface area contributed by atoms with Gasteiger partial charge >= 0.3 is 0 Å². The van der Waals surface area contributed by atoms with Crippen LogP contribution in [0.1, 0.15) is 42.1 Å². The Labute approximate surface area is 122 Å². The van der Waals surface area contributed by atoms with Crippen LogP contribution in [0, 0.1) is 6.92 Å². The Kier molecular flexibility index (Phi) is 4.15. The number of carbonyl (C=O) groups is 1. The number of aliphatic hydroxyl groups excluding tert-OH is 1. The van der Waals surface area contributed by atoms with E-state index in [-0.39, 0.29) is 12.5 Å². The Morgan fingerprint density at radius 2 is 2.15 bits per heavy atom. The van der Waals surface area contributed by atoms with Gasteiger partial charge in [0.15, 0.2) is 0 Å². The molecule has 0 aliphatic rings. The molecule has 2 heterocycles. The first kappa shape index (κ1) is 15.0. The smallest absolute Gasteiger partial charge is 0.261 e. The average Bonchev–Trinajstić information content (AvgIpc) is 2.99. The van der Waals surface area contributed by atoms with Crippen LogP contribution in [-0.4, -0.2) is 32.9 Å². The molecule has 6 heteroatoms. The van der Waals surface area contributed by atoms with E-state index < -0.39 is 5.54 Å². The Morgan fingerprint density at radius 3 is 2.65 bits per heavy atom. The summed E-state index contributed by atoms with van der Waals surface area (Å²) >= 11 is 1.43. The second-order valence-corrected chi connectivity index (χ2v) is 6.17. The molecule has 0 fully saturated rings. The highest BCUT2D eigenvalue weighted by Crippen LogP contribution is 2.28. The molecule has 0 aromatic carbocycles. The van der Waals surface area contributed by atoms with Crippen molar-refractivity contribution in [2.45, 2.75) is 39.2 Å². The van der Waals surface area contributed by atoms with Gasteiger partial charge in [-0.2, -0.15) is 5.10 Å². The van der Waals surface area contributed by atoms with Gasteiger partial charge in [-0.15, -0.1) is 11.3 Å². The van der Waals surface area contributed by atoms with Crippen molar-refractivity contribution in [3.05, 3.63) is 16.6 Å². The highest BCUT2D eigenvalue weighted by atomic mass is 32.1. The molecule has 2 rings (SSSR count). The molecule has 0 aliphatic carbocycles. The van der Waals surface area contributed by atoms with Crippen molar-refractivity contribution in [2.24, 2.45) is 7.05 Å². The van der Waals surface area contributed by atoms with E-state index in [9.17, 15) is 9.90 Å². The summed E-state index contributed by atoms with van der Waals surface area (Å²) in [6, 6.07) is 1.88. The average molecular weight is 295 g/mol. The summed E-state index contributed by atoms with van der Waals surface area (Å²) in [5.74, 6) is -0.122. The first-order valence-corrected chi connectivity index (χ1v) is 7.64. The lowest BCUT2D eigenvalue weighted by molar-refractivity contribution is 0.0822. The van der Waals surface area contributed by atoms with Crippen LogP contribution in [0.4, 0.5) is 0 Å². The van der Waals surface area contributed by atoms with Crippen molar-refractivity contribution >= 4 is 27.5 Å². The van der Waals surface area contributed by atoms with E-state index in [2.05, 4.69) is 10.4 Å². The van der Waals surface area contributed by atoms with Crippen LogP contribution in [0.25, 0.3) is 10.2 Å². The third-order valence-corrected chi connectivity index (χ3v) is 5.16. The second kappa shape index (κ2) is 5.54. The van der Waals surface area contributed by atoms with Crippen molar-refractivity contribution in [1.29, 1.82) is 0 Å². The molecule has 1 amide bonds. The molecule has 0 spiro atoms. The Balaban J connectivity index is 2.29. The van der Waals surface area contributed by atoms with E-state index in [0.717, 1.165) is 15.9 Å². The molecular formula is C14H21N3O2S. The third kappa shape index (κ3) is 2.45. The van der Waals surface area contributed by atoms with Gasteiger partial charge in [0.05, 0.1) is 22.7 Å². The number of aryl methyl sites for hydroxylation is 2. The number of carbonyl (C=O) groups excluding carboxylic acids is 1. The van der Waals surface area contributed by atoms with Crippen LogP contribution in [0.3, 0.4) is 0 Å². The van der Waals surface area contributed by atoms with Gasteiger partial charge < -0.3 is 10.4 Å². The Morgan fingerprint density at radius 1 is 1.50 bits per heavy atom. The molecule has 2 N–H and O–H groups in total. The van der Waals surface area contributed by atoms with E-state index in [1.807, 2.05) is 33.9 Å². The lowest BCUT2D eigenvalue weighted by atomic mass is 9.94. The predicted molar refractivity (Wildman–Crippen MR) is 81.2 cm³/mol. The maximum Gasteiger partial charge on any atom is 0.261 e. The van der Waals surface area contributed by atoms with Crippen molar-refractivity contribution in [3.63, 3.8) is 0 Å². The highest BCUT2D eigenvalue weighted by Gasteiger charge is 2.28. The standard InChI is InChI=1S/C14H21N3O2S/c1-5-14(6-2,8-18)15-12(19)11-7-10-9(3)16-17(4)13(10)20-11/h7,18H,5-6,8H2,1-4H3,(H,15,19). The van der Waals surface area contributed by atoms with Crippen LogP contribution in [0.15, 0.2) is 6.07 Å².